The lowest BCUT2D eigenvalue weighted by Crippen LogP contribution is -1.98. The minimum Gasteiger partial charge on any atom is -0.497 e. The molecule has 0 amide bonds. The molecule has 0 bridgehead atoms. The molecular formula is C16H19FO. The van der Waals surface area contributed by atoms with E-state index in [0.717, 1.165) is 27.6 Å². The first-order chi connectivity index (χ1) is 8.58. The number of benzene rings is 2. The Bertz CT molecular complexity index is 573. The average Bonchev–Trinajstić information content (AvgIpc) is 2.37. The summed E-state index contributed by atoms with van der Waals surface area (Å²) < 4.78 is 19.2. The van der Waals surface area contributed by atoms with E-state index in [1.165, 1.54) is 0 Å². The van der Waals surface area contributed by atoms with Crippen LogP contribution in [0, 0.1) is 5.82 Å². The standard InChI is InChI=1S/C16H19FO/c1-5-13-15(17)7-6-11-8-12(18-4)9-14(10(2)3)16(11)13/h6-10H,5H2,1-4H3. The Morgan fingerprint density at radius 3 is 2.50 bits per heavy atom. The maximum atomic E-state index is 13.9. The molecule has 2 heteroatoms. The number of ether oxygens (including phenoxy) is 1. The van der Waals surface area contributed by atoms with Gasteiger partial charge in [-0.1, -0.05) is 26.8 Å². The number of hydrogen-bond donors (Lipinski definition) is 0. The van der Waals surface area contributed by atoms with Crippen molar-refractivity contribution in [2.75, 3.05) is 7.11 Å². The lowest BCUT2D eigenvalue weighted by molar-refractivity contribution is 0.414. The van der Waals surface area contributed by atoms with E-state index >= 15 is 0 Å². The predicted molar refractivity (Wildman–Crippen MR) is 73.9 cm³/mol. The second-order valence-electron chi connectivity index (χ2n) is 4.85. The molecule has 0 fully saturated rings. The summed E-state index contributed by atoms with van der Waals surface area (Å²) in [6, 6.07) is 7.37. The van der Waals surface area contributed by atoms with Crippen molar-refractivity contribution in [3.8, 4) is 5.75 Å². The Kier molecular flexibility index (Phi) is 3.55. The van der Waals surface area contributed by atoms with Gasteiger partial charge >= 0.3 is 0 Å². The first-order valence-corrected chi connectivity index (χ1v) is 6.37. The minimum atomic E-state index is -0.114. The van der Waals surface area contributed by atoms with E-state index in [4.69, 9.17) is 4.74 Å². The van der Waals surface area contributed by atoms with E-state index in [2.05, 4.69) is 13.8 Å². The quantitative estimate of drug-likeness (QED) is 0.764. The van der Waals surface area contributed by atoms with Gasteiger partial charge in [0.1, 0.15) is 11.6 Å². The van der Waals surface area contributed by atoms with Crippen LogP contribution in [0.4, 0.5) is 4.39 Å². The number of halogens is 1. The minimum absolute atomic E-state index is 0.114. The average molecular weight is 246 g/mol. The third-order valence-corrected chi connectivity index (χ3v) is 3.38. The number of fused-ring (bicyclic) bond motifs is 1. The molecule has 2 rings (SSSR count). The van der Waals surface area contributed by atoms with Gasteiger partial charge in [0, 0.05) is 0 Å². The van der Waals surface area contributed by atoms with Gasteiger partial charge in [-0.25, -0.2) is 4.39 Å². The van der Waals surface area contributed by atoms with Gasteiger partial charge in [-0.3, -0.25) is 0 Å². The molecule has 96 valence electrons. The summed E-state index contributed by atoms with van der Waals surface area (Å²) >= 11 is 0. The van der Waals surface area contributed by atoms with Crippen molar-refractivity contribution in [1.29, 1.82) is 0 Å². The highest BCUT2D eigenvalue weighted by Gasteiger charge is 2.14. The van der Waals surface area contributed by atoms with Crippen molar-refractivity contribution in [2.24, 2.45) is 0 Å². The van der Waals surface area contributed by atoms with Crippen LogP contribution in [-0.2, 0) is 6.42 Å². The van der Waals surface area contributed by atoms with Gasteiger partial charge in [-0.05, 0) is 52.4 Å². The first kappa shape index (κ1) is 12.9. The molecule has 0 aliphatic carbocycles. The summed E-state index contributed by atoms with van der Waals surface area (Å²) in [6.07, 6.45) is 0.704. The van der Waals surface area contributed by atoms with Crippen molar-refractivity contribution in [2.45, 2.75) is 33.1 Å². The van der Waals surface area contributed by atoms with Crippen molar-refractivity contribution in [3.05, 3.63) is 41.2 Å². The summed E-state index contributed by atoms with van der Waals surface area (Å²) in [7, 11) is 1.66. The molecule has 0 N–H and O–H groups in total. The van der Waals surface area contributed by atoms with E-state index in [1.54, 1.807) is 13.2 Å². The monoisotopic (exact) mass is 246 g/mol. The molecule has 18 heavy (non-hydrogen) atoms. The topological polar surface area (TPSA) is 9.23 Å². The molecule has 2 aromatic rings. The molecule has 0 aliphatic rings. The van der Waals surface area contributed by atoms with Gasteiger partial charge in [0.15, 0.2) is 0 Å². The van der Waals surface area contributed by atoms with Crippen molar-refractivity contribution >= 4 is 10.8 Å². The van der Waals surface area contributed by atoms with E-state index < -0.39 is 0 Å². The van der Waals surface area contributed by atoms with Crippen LogP contribution in [0.25, 0.3) is 10.8 Å². The van der Waals surface area contributed by atoms with Crippen LogP contribution in [0.5, 0.6) is 5.75 Å². The number of aryl methyl sites for hydroxylation is 1. The number of rotatable bonds is 3. The lowest BCUT2D eigenvalue weighted by atomic mass is 9.91. The second kappa shape index (κ2) is 4.97. The predicted octanol–water partition coefficient (Wildman–Crippen LogP) is 4.67. The van der Waals surface area contributed by atoms with Crippen LogP contribution in [0.3, 0.4) is 0 Å². The van der Waals surface area contributed by atoms with Gasteiger partial charge in [0.2, 0.25) is 0 Å². The summed E-state index contributed by atoms with van der Waals surface area (Å²) in [5.74, 6) is 1.06. The lowest BCUT2D eigenvalue weighted by Gasteiger charge is -2.16. The largest absolute Gasteiger partial charge is 0.497 e. The van der Waals surface area contributed by atoms with E-state index in [9.17, 15) is 4.39 Å². The Labute approximate surface area is 108 Å². The fourth-order valence-electron chi connectivity index (χ4n) is 2.44. The molecule has 2 aromatic carbocycles. The molecule has 0 saturated heterocycles. The first-order valence-electron chi connectivity index (χ1n) is 6.37. The highest BCUT2D eigenvalue weighted by atomic mass is 19.1. The third-order valence-electron chi connectivity index (χ3n) is 3.38. The van der Waals surface area contributed by atoms with Crippen LogP contribution in [0.2, 0.25) is 0 Å². The van der Waals surface area contributed by atoms with Crippen LogP contribution in [0.15, 0.2) is 24.3 Å². The molecule has 0 heterocycles. The summed E-state index contributed by atoms with van der Waals surface area (Å²) in [6.45, 7) is 6.24. The smallest absolute Gasteiger partial charge is 0.127 e. The van der Waals surface area contributed by atoms with Gasteiger partial charge < -0.3 is 4.74 Å². The van der Waals surface area contributed by atoms with E-state index in [0.29, 0.717) is 12.3 Å². The molecule has 0 radical (unpaired) electrons. The summed E-state index contributed by atoms with van der Waals surface area (Å²) in [5.41, 5.74) is 1.96. The van der Waals surface area contributed by atoms with Crippen LogP contribution in [-0.4, -0.2) is 7.11 Å². The van der Waals surface area contributed by atoms with Crippen molar-refractivity contribution < 1.29 is 9.13 Å². The zero-order valence-electron chi connectivity index (χ0n) is 11.4. The fraction of sp³-hybridized carbons (Fsp3) is 0.375. The molecule has 0 spiro atoms. The van der Waals surface area contributed by atoms with Crippen LogP contribution in [0.1, 0.15) is 37.8 Å². The third kappa shape index (κ3) is 2.07. The van der Waals surface area contributed by atoms with Gasteiger partial charge in [-0.15, -0.1) is 0 Å². The van der Waals surface area contributed by atoms with Gasteiger partial charge in [0.25, 0.3) is 0 Å². The highest BCUT2D eigenvalue weighted by molar-refractivity contribution is 5.90. The molecular weight excluding hydrogens is 227 g/mol. The zero-order chi connectivity index (χ0) is 13.3. The highest BCUT2D eigenvalue weighted by Crippen LogP contribution is 2.34. The van der Waals surface area contributed by atoms with Crippen LogP contribution >= 0.6 is 0 Å². The normalized spacial score (nSPS) is 11.2. The van der Waals surface area contributed by atoms with Crippen molar-refractivity contribution in [1.82, 2.24) is 0 Å². The Hall–Kier alpha value is -1.57. The second-order valence-corrected chi connectivity index (χ2v) is 4.85. The van der Waals surface area contributed by atoms with Gasteiger partial charge in [0.05, 0.1) is 7.11 Å². The zero-order valence-corrected chi connectivity index (χ0v) is 11.4. The Morgan fingerprint density at radius 1 is 1.22 bits per heavy atom. The number of methoxy groups -OCH3 is 1. The SMILES string of the molecule is CCc1c(F)ccc2cc(OC)cc(C(C)C)c12. The van der Waals surface area contributed by atoms with Gasteiger partial charge in [-0.2, -0.15) is 0 Å². The Morgan fingerprint density at radius 2 is 1.94 bits per heavy atom. The maximum Gasteiger partial charge on any atom is 0.127 e. The molecule has 0 atom stereocenters. The maximum absolute atomic E-state index is 13.9. The molecule has 1 nitrogen and oxygen atoms in total. The summed E-state index contributed by atoms with van der Waals surface area (Å²) in [5, 5.41) is 2.10. The van der Waals surface area contributed by atoms with Crippen LogP contribution < -0.4 is 4.74 Å². The summed E-state index contributed by atoms with van der Waals surface area (Å²) in [4.78, 5) is 0. The molecule has 0 saturated carbocycles. The molecule has 0 aromatic heterocycles. The van der Waals surface area contributed by atoms with E-state index in [1.807, 2.05) is 25.1 Å². The van der Waals surface area contributed by atoms with Crippen molar-refractivity contribution in [3.63, 3.8) is 0 Å². The number of hydrogen-bond acceptors (Lipinski definition) is 1. The fourth-order valence-corrected chi connectivity index (χ4v) is 2.44. The molecule has 0 aliphatic heterocycles. The Balaban J connectivity index is 2.87. The molecule has 0 unspecified atom stereocenters. The van der Waals surface area contributed by atoms with E-state index in [-0.39, 0.29) is 5.82 Å².